The van der Waals surface area contributed by atoms with Crippen molar-refractivity contribution in [1.29, 1.82) is 0 Å². The SMILES string of the molecule is COc1ccc(NC(=O)c2nnc(CCC(=O)NCCN3CCCC3)s2)cc1. The maximum Gasteiger partial charge on any atom is 0.286 e. The molecule has 2 N–H and O–H groups in total. The number of anilines is 1. The van der Waals surface area contributed by atoms with Crippen LogP contribution in [0.4, 0.5) is 5.69 Å². The van der Waals surface area contributed by atoms with Crippen LogP contribution in [0.2, 0.25) is 0 Å². The van der Waals surface area contributed by atoms with Crippen molar-refractivity contribution >= 4 is 28.8 Å². The van der Waals surface area contributed by atoms with Gasteiger partial charge in [0.2, 0.25) is 10.9 Å². The lowest BCUT2D eigenvalue weighted by Crippen LogP contribution is -2.33. The summed E-state index contributed by atoms with van der Waals surface area (Å²) in [4.78, 5) is 26.6. The number of nitrogens with one attached hydrogen (secondary N) is 2. The number of amides is 2. The molecule has 0 aliphatic carbocycles. The van der Waals surface area contributed by atoms with Crippen molar-refractivity contribution in [1.82, 2.24) is 20.4 Å². The highest BCUT2D eigenvalue weighted by Gasteiger charge is 2.15. The molecule has 1 fully saturated rings. The smallest absolute Gasteiger partial charge is 0.286 e. The molecule has 2 aromatic rings. The van der Waals surface area contributed by atoms with Crippen LogP contribution in [0.15, 0.2) is 24.3 Å². The summed E-state index contributed by atoms with van der Waals surface area (Å²) in [6.45, 7) is 3.83. The van der Waals surface area contributed by atoms with Crippen molar-refractivity contribution in [2.45, 2.75) is 25.7 Å². The zero-order valence-electron chi connectivity index (χ0n) is 15.9. The number of likely N-dealkylation sites (tertiary alicyclic amines) is 1. The van der Waals surface area contributed by atoms with E-state index in [9.17, 15) is 9.59 Å². The Morgan fingerprint density at radius 2 is 1.93 bits per heavy atom. The highest BCUT2D eigenvalue weighted by molar-refractivity contribution is 7.13. The van der Waals surface area contributed by atoms with E-state index in [2.05, 4.69) is 25.7 Å². The maximum absolute atomic E-state index is 12.3. The molecule has 9 heteroatoms. The van der Waals surface area contributed by atoms with Crippen molar-refractivity contribution in [2.24, 2.45) is 0 Å². The molecule has 0 radical (unpaired) electrons. The van der Waals surface area contributed by atoms with Crippen molar-refractivity contribution in [2.75, 3.05) is 38.6 Å². The molecule has 0 bridgehead atoms. The van der Waals surface area contributed by atoms with E-state index in [1.54, 1.807) is 31.4 Å². The molecule has 0 saturated carbocycles. The molecular weight excluding hydrogens is 378 g/mol. The molecule has 0 spiro atoms. The fourth-order valence-electron chi connectivity index (χ4n) is 2.97. The standard InChI is InChI=1S/C19H25N5O3S/c1-27-15-6-4-14(5-7-15)21-18(26)19-23-22-17(28-19)9-8-16(25)20-10-13-24-11-2-3-12-24/h4-7H,2-3,8-13H2,1H3,(H,20,25)(H,21,26). The minimum Gasteiger partial charge on any atom is -0.497 e. The van der Waals surface area contributed by atoms with Crippen LogP contribution in [0.5, 0.6) is 5.75 Å². The molecule has 0 unspecified atom stereocenters. The summed E-state index contributed by atoms with van der Waals surface area (Å²) in [6.07, 6.45) is 3.32. The Morgan fingerprint density at radius 3 is 2.64 bits per heavy atom. The van der Waals surface area contributed by atoms with Gasteiger partial charge >= 0.3 is 0 Å². The number of nitrogens with zero attached hydrogens (tertiary/aromatic N) is 3. The van der Waals surface area contributed by atoms with Crippen LogP contribution in [-0.2, 0) is 11.2 Å². The number of carbonyl (C=O) groups is 2. The maximum atomic E-state index is 12.3. The van der Waals surface area contributed by atoms with Crippen molar-refractivity contribution in [3.8, 4) is 5.75 Å². The molecule has 2 amide bonds. The van der Waals surface area contributed by atoms with Crippen LogP contribution < -0.4 is 15.4 Å². The van der Waals surface area contributed by atoms with Gasteiger partial charge in [-0.1, -0.05) is 11.3 Å². The van der Waals surface area contributed by atoms with E-state index in [4.69, 9.17) is 4.74 Å². The number of benzene rings is 1. The third-order valence-corrected chi connectivity index (χ3v) is 5.51. The fraction of sp³-hybridized carbons (Fsp3) is 0.474. The molecule has 8 nitrogen and oxygen atoms in total. The average Bonchev–Trinajstić information content (AvgIpc) is 3.39. The van der Waals surface area contributed by atoms with Crippen LogP contribution in [0.3, 0.4) is 0 Å². The van der Waals surface area contributed by atoms with E-state index in [0.717, 1.165) is 25.4 Å². The molecule has 1 saturated heterocycles. The van der Waals surface area contributed by atoms with Crippen LogP contribution in [0.25, 0.3) is 0 Å². The largest absolute Gasteiger partial charge is 0.497 e. The lowest BCUT2D eigenvalue weighted by Gasteiger charge is -2.14. The Kier molecular flexibility index (Phi) is 7.32. The second-order valence-electron chi connectivity index (χ2n) is 6.58. The molecular formula is C19H25N5O3S. The molecule has 1 aromatic heterocycles. The summed E-state index contributed by atoms with van der Waals surface area (Å²) in [5.74, 6) is 0.400. The van der Waals surface area contributed by atoms with E-state index in [1.807, 2.05) is 0 Å². The predicted octanol–water partition coefficient (Wildman–Crippen LogP) is 1.94. The summed E-state index contributed by atoms with van der Waals surface area (Å²) in [5, 5.41) is 14.6. The van der Waals surface area contributed by atoms with E-state index < -0.39 is 0 Å². The van der Waals surface area contributed by atoms with Crippen molar-refractivity contribution in [3.05, 3.63) is 34.3 Å². The van der Waals surface area contributed by atoms with Gasteiger partial charge in [-0.3, -0.25) is 9.59 Å². The summed E-state index contributed by atoms with van der Waals surface area (Å²) in [5.41, 5.74) is 0.653. The van der Waals surface area contributed by atoms with Crippen LogP contribution in [0.1, 0.15) is 34.1 Å². The fourth-order valence-corrected chi connectivity index (χ4v) is 3.71. The van der Waals surface area contributed by atoms with Gasteiger partial charge in [-0.2, -0.15) is 0 Å². The normalized spacial score (nSPS) is 14.0. The van der Waals surface area contributed by atoms with Crippen LogP contribution in [0, 0.1) is 0 Å². The third kappa shape index (κ3) is 6.00. The highest BCUT2D eigenvalue weighted by atomic mass is 32.1. The van der Waals surface area contributed by atoms with Crippen molar-refractivity contribution in [3.63, 3.8) is 0 Å². The zero-order valence-corrected chi connectivity index (χ0v) is 16.8. The number of aromatic nitrogens is 2. The van der Waals surface area contributed by atoms with Gasteiger partial charge in [-0.25, -0.2) is 0 Å². The van der Waals surface area contributed by atoms with Gasteiger partial charge in [-0.15, -0.1) is 10.2 Å². The van der Waals surface area contributed by atoms with E-state index in [1.165, 1.54) is 24.2 Å². The first-order valence-corrected chi connectivity index (χ1v) is 10.2. The number of rotatable bonds is 9. The Morgan fingerprint density at radius 1 is 1.18 bits per heavy atom. The number of hydrogen-bond acceptors (Lipinski definition) is 7. The predicted molar refractivity (Wildman–Crippen MR) is 108 cm³/mol. The Balaban J connectivity index is 1.40. The summed E-state index contributed by atoms with van der Waals surface area (Å²) < 4.78 is 5.09. The molecule has 3 rings (SSSR count). The molecule has 1 aliphatic heterocycles. The Labute approximate surface area is 168 Å². The van der Waals surface area contributed by atoms with Crippen molar-refractivity contribution < 1.29 is 14.3 Å². The first-order chi connectivity index (χ1) is 13.6. The number of carbonyl (C=O) groups excluding carboxylic acids is 2. The average molecular weight is 404 g/mol. The topological polar surface area (TPSA) is 96.5 Å². The molecule has 150 valence electrons. The monoisotopic (exact) mass is 403 g/mol. The third-order valence-electron chi connectivity index (χ3n) is 4.52. The van der Waals surface area contributed by atoms with Crippen LogP contribution in [-0.4, -0.2) is 60.2 Å². The Hall–Kier alpha value is -2.52. The summed E-state index contributed by atoms with van der Waals surface area (Å²) >= 11 is 1.21. The summed E-state index contributed by atoms with van der Waals surface area (Å²) in [6, 6.07) is 7.04. The quantitative estimate of drug-likeness (QED) is 0.664. The number of ether oxygens (including phenoxy) is 1. The Bertz CT molecular complexity index is 787. The van der Waals surface area contributed by atoms with Gasteiger partial charge < -0.3 is 20.3 Å². The second kappa shape index (κ2) is 10.1. The zero-order chi connectivity index (χ0) is 19.8. The minimum absolute atomic E-state index is 0.00127. The molecule has 28 heavy (non-hydrogen) atoms. The van der Waals surface area contributed by atoms with E-state index in [0.29, 0.717) is 30.1 Å². The molecule has 2 heterocycles. The van der Waals surface area contributed by atoms with Gasteiger partial charge in [-0.05, 0) is 50.2 Å². The first kappa shape index (κ1) is 20.2. The molecule has 0 atom stereocenters. The van der Waals surface area contributed by atoms with Gasteiger partial charge in [0, 0.05) is 31.6 Å². The molecule has 1 aliphatic rings. The number of aryl methyl sites for hydroxylation is 1. The number of methoxy groups -OCH3 is 1. The van der Waals surface area contributed by atoms with Gasteiger partial charge in [0.25, 0.3) is 5.91 Å². The lowest BCUT2D eigenvalue weighted by molar-refractivity contribution is -0.121. The molecule has 1 aromatic carbocycles. The minimum atomic E-state index is -0.316. The van der Waals surface area contributed by atoms with E-state index >= 15 is 0 Å². The van der Waals surface area contributed by atoms with Gasteiger partial charge in [0.15, 0.2) is 0 Å². The highest BCUT2D eigenvalue weighted by Crippen LogP contribution is 2.17. The number of hydrogen-bond donors (Lipinski definition) is 2. The van der Waals surface area contributed by atoms with Crippen LogP contribution >= 0.6 is 11.3 Å². The van der Waals surface area contributed by atoms with Gasteiger partial charge in [0.1, 0.15) is 10.8 Å². The first-order valence-electron chi connectivity index (χ1n) is 9.41. The van der Waals surface area contributed by atoms with Gasteiger partial charge in [0.05, 0.1) is 7.11 Å². The lowest BCUT2D eigenvalue weighted by atomic mass is 10.3. The summed E-state index contributed by atoms with van der Waals surface area (Å²) in [7, 11) is 1.59. The second-order valence-corrected chi connectivity index (χ2v) is 7.64. The van der Waals surface area contributed by atoms with E-state index in [-0.39, 0.29) is 16.8 Å².